The molecule has 0 radical (unpaired) electrons. The minimum atomic E-state index is -1.02. The van der Waals surface area contributed by atoms with Gasteiger partial charge in [0.2, 0.25) is 0 Å². The lowest BCUT2D eigenvalue weighted by atomic mass is 9.93. The van der Waals surface area contributed by atoms with E-state index in [-0.39, 0.29) is 0 Å². The van der Waals surface area contributed by atoms with Crippen molar-refractivity contribution in [2.45, 2.75) is 60.9 Å². The van der Waals surface area contributed by atoms with Crippen LogP contribution in [0.15, 0.2) is 0 Å². The molecule has 0 aliphatic carbocycles. The molecule has 1 atom stereocenters. The lowest BCUT2D eigenvalue weighted by Gasteiger charge is -2.44. The van der Waals surface area contributed by atoms with Crippen LogP contribution in [0.25, 0.3) is 0 Å². The molecule has 0 aromatic carbocycles. The highest BCUT2D eigenvalue weighted by Crippen LogP contribution is 2.35. The standard InChI is InChI=1S/C14H34N2Si/c1-9-15(10-2)17(16(11-3)12-4)13(5)14(6,7)8/h13,17H,9-12H2,1-8H3. The van der Waals surface area contributed by atoms with Gasteiger partial charge in [0.05, 0.1) is 0 Å². The van der Waals surface area contributed by atoms with Crippen LogP contribution in [0.2, 0.25) is 5.54 Å². The maximum absolute atomic E-state index is 2.74. The zero-order chi connectivity index (χ0) is 13.6. The van der Waals surface area contributed by atoms with Crippen LogP contribution in [0, 0.1) is 5.41 Å². The Bertz CT molecular complexity index is 181. The molecule has 17 heavy (non-hydrogen) atoms. The van der Waals surface area contributed by atoms with Crippen molar-refractivity contribution in [2.75, 3.05) is 26.2 Å². The fourth-order valence-corrected chi connectivity index (χ4v) is 6.62. The van der Waals surface area contributed by atoms with Crippen LogP contribution in [0.5, 0.6) is 0 Å². The van der Waals surface area contributed by atoms with Gasteiger partial charge >= 0.3 is 0 Å². The van der Waals surface area contributed by atoms with Crippen LogP contribution in [0.1, 0.15) is 55.4 Å². The molecule has 0 aliphatic heterocycles. The van der Waals surface area contributed by atoms with E-state index in [1.165, 1.54) is 26.2 Å². The minimum absolute atomic E-state index is 0.419. The molecule has 0 saturated heterocycles. The van der Waals surface area contributed by atoms with Crippen molar-refractivity contribution >= 4 is 9.12 Å². The van der Waals surface area contributed by atoms with Crippen LogP contribution < -0.4 is 0 Å². The smallest absolute Gasteiger partial charge is 0.193 e. The summed E-state index contributed by atoms with van der Waals surface area (Å²) in [6, 6.07) is 0. The van der Waals surface area contributed by atoms with E-state index in [2.05, 4.69) is 64.5 Å². The largest absolute Gasteiger partial charge is 0.314 e. The van der Waals surface area contributed by atoms with Crippen molar-refractivity contribution < 1.29 is 0 Å². The first-order valence-electron chi connectivity index (χ1n) is 7.31. The highest BCUT2D eigenvalue weighted by molar-refractivity contribution is 6.54. The summed E-state index contributed by atoms with van der Waals surface area (Å²) in [7, 11) is -1.02. The van der Waals surface area contributed by atoms with E-state index >= 15 is 0 Å². The van der Waals surface area contributed by atoms with Gasteiger partial charge in [0.25, 0.3) is 0 Å². The van der Waals surface area contributed by atoms with Gasteiger partial charge in [-0.1, -0.05) is 55.4 Å². The van der Waals surface area contributed by atoms with Gasteiger partial charge in [0.1, 0.15) is 0 Å². The molecule has 0 rings (SSSR count). The predicted molar refractivity (Wildman–Crippen MR) is 81.9 cm³/mol. The van der Waals surface area contributed by atoms with E-state index in [1.807, 2.05) is 0 Å². The van der Waals surface area contributed by atoms with E-state index in [9.17, 15) is 0 Å². The summed E-state index contributed by atoms with van der Waals surface area (Å²) in [5, 5.41) is 0. The molecule has 0 N–H and O–H groups in total. The number of nitrogens with zero attached hydrogens (tertiary/aromatic N) is 2. The molecule has 0 bridgehead atoms. The predicted octanol–water partition coefficient (Wildman–Crippen LogP) is 3.33. The quantitative estimate of drug-likeness (QED) is 0.646. The Morgan fingerprint density at radius 1 is 0.824 bits per heavy atom. The Morgan fingerprint density at radius 2 is 1.12 bits per heavy atom. The van der Waals surface area contributed by atoms with Crippen molar-refractivity contribution in [3.63, 3.8) is 0 Å². The van der Waals surface area contributed by atoms with Crippen LogP contribution in [0.3, 0.4) is 0 Å². The molecule has 1 unspecified atom stereocenters. The van der Waals surface area contributed by atoms with Crippen LogP contribution in [-0.4, -0.2) is 44.4 Å². The van der Waals surface area contributed by atoms with Crippen molar-refractivity contribution in [2.24, 2.45) is 5.41 Å². The lowest BCUT2D eigenvalue weighted by molar-refractivity contribution is 0.310. The van der Waals surface area contributed by atoms with Gasteiger partial charge in [-0.2, -0.15) is 0 Å². The first-order chi connectivity index (χ1) is 7.83. The van der Waals surface area contributed by atoms with Crippen molar-refractivity contribution in [1.29, 1.82) is 0 Å². The van der Waals surface area contributed by atoms with E-state index in [1.54, 1.807) is 0 Å². The normalized spacial score (nSPS) is 15.0. The highest BCUT2D eigenvalue weighted by atomic mass is 28.3. The SMILES string of the molecule is CCN(CC)[SiH](C(C)C(C)(C)C)N(CC)CC. The Balaban J connectivity index is 5.08. The van der Waals surface area contributed by atoms with Gasteiger partial charge in [0, 0.05) is 0 Å². The third-order valence-corrected chi connectivity index (χ3v) is 9.04. The third kappa shape index (κ3) is 4.72. The fourth-order valence-electron chi connectivity index (χ4n) is 2.51. The number of hydrogen-bond acceptors (Lipinski definition) is 2. The lowest BCUT2D eigenvalue weighted by Crippen LogP contribution is -2.57. The maximum Gasteiger partial charge on any atom is 0.193 e. The van der Waals surface area contributed by atoms with Crippen LogP contribution >= 0.6 is 0 Å². The molecule has 0 amide bonds. The molecule has 0 aromatic heterocycles. The number of rotatable bonds is 7. The summed E-state index contributed by atoms with van der Waals surface area (Å²) >= 11 is 0. The molecule has 2 nitrogen and oxygen atoms in total. The summed E-state index contributed by atoms with van der Waals surface area (Å²) in [5.41, 5.74) is 1.23. The third-order valence-electron chi connectivity index (χ3n) is 4.19. The first-order valence-corrected chi connectivity index (χ1v) is 9.01. The highest BCUT2D eigenvalue weighted by Gasteiger charge is 2.36. The zero-order valence-corrected chi connectivity index (χ0v) is 14.5. The van der Waals surface area contributed by atoms with Crippen molar-refractivity contribution in [3.05, 3.63) is 0 Å². The van der Waals surface area contributed by atoms with E-state index in [0.717, 1.165) is 5.54 Å². The second kappa shape index (κ2) is 7.55. The minimum Gasteiger partial charge on any atom is -0.314 e. The maximum atomic E-state index is 2.74. The molecule has 104 valence electrons. The topological polar surface area (TPSA) is 6.48 Å². The van der Waals surface area contributed by atoms with Gasteiger partial charge in [-0.25, -0.2) is 0 Å². The summed E-state index contributed by atoms with van der Waals surface area (Å²) in [4.78, 5) is 0. The van der Waals surface area contributed by atoms with Gasteiger partial charge in [-0.15, -0.1) is 0 Å². The van der Waals surface area contributed by atoms with E-state index in [4.69, 9.17) is 0 Å². The van der Waals surface area contributed by atoms with Crippen LogP contribution in [-0.2, 0) is 0 Å². The monoisotopic (exact) mass is 258 g/mol. The summed E-state index contributed by atoms with van der Waals surface area (Å²) in [5.74, 6) is 0. The summed E-state index contributed by atoms with van der Waals surface area (Å²) < 4.78 is 5.48. The van der Waals surface area contributed by atoms with Gasteiger partial charge in [0.15, 0.2) is 9.12 Å². The first kappa shape index (κ1) is 17.1. The summed E-state index contributed by atoms with van der Waals surface area (Å²) in [6.45, 7) is 23.7. The Labute approximate surface area is 111 Å². The second-order valence-corrected chi connectivity index (χ2v) is 9.30. The molecule has 3 heteroatoms. The molecule has 0 heterocycles. The molecular weight excluding hydrogens is 224 g/mol. The Hall–Kier alpha value is 0.137. The summed E-state index contributed by atoms with van der Waals surface area (Å²) in [6.07, 6.45) is 0. The fraction of sp³-hybridized carbons (Fsp3) is 1.00. The Morgan fingerprint density at radius 3 is 1.29 bits per heavy atom. The molecule has 0 fully saturated rings. The average Bonchev–Trinajstić information content (AvgIpc) is 2.27. The van der Waals surface area contributed by atoms with E-state index < -0.39 is 9.12 Å². The average molecular weight is 259 g/mol. The Kier molecular flexibility index (Phi) is 7.61. The van der Waals surface area contributed by atoms with Gasteiger partial charge < -0.3 is 9.13 Å². The van der Waals surface area contributed by atoms with Crippen LogP contribution in [0.4, 0.5) is 0 Å². The molecule has 0 aromatic rings. The molecule has 0 saturated carbocycles. The van der Waals surface area contributed by atoms with E-state index in [0.29, 0.717) is 5.41 Å². The molecule has 0 aliphatic rings. The number of hydrogen-bond donors (Lipinski definition) is 0. The molecular formula is C14H34N2Si. The van der Waals surface area contributed by atoms with Gasteiger partial charge in [-0.3, -0.25) is 0 Å². The van der Waals surface area contributed by atoms with Gasteiger partial charge in [-0.05, 0) is 37.1 Å². The zero-order valence-electron chi connectivity index (χ0n) is 13.4. The van der Waals surface area contributed by atoms with Crippen molar-refractivity contribution in [3.8, 4) is 0 Å². The second-order valence-electron chi connectivity index (χ2n) is 6.01. The van der Waals surface area contributed by atoms with Crippen molar-refractivity contribution in [1.82, 2.24) is 9.13 Å². The molecule has 0 spiro atoms.